The van der Waals surface area contributed by atoms with Crippen molar-refractivity contribution in [1.82, 2.24) is 0 Å². The molecule has 0 saturated heterocycles. The van der Waals surface area contributed by atoms with E-state index in [-0.39, 0.29) is 34.2 Å². The molecule has 3 aliphatic rings. The van der Waals surface area contributed by atoms with E-state index in [0.29, 0.717) is 11.7 Å². The fourth-order valence-electron chi connectivity index (χ4n) is 6.87. The van der Waals surface area contributed by atoms with E-state index in [4.69, 9.17) is 4.74 Å². The summed E-state index contributed by atoms with van der Waals surface area (Å²) in [5.41, 5.74) is 0.595. The van der Waals surface area contributed by atoms with E-state index in [1.807, 2.05) is 0 Å². The van der Waals surface area contributed by atoms with Crippen molar-refractivity contribution < 1.29 is 14.9 Å². The fourth-order valence-corrected chi connectivity index (χ4v) is 6.87. The van der Waals surface area contributed by atoms with Gasteiger partial charge in [0.05, 0.1) is 12.0 Å². The van der Waals surface area contributed by atoms with Crippen LogP contribution >= 0.6 is 0 Å². The molecule has 1 aromatic rings. The number of aromatic hydroxyl groups is 2. The van der Waals surface area contributed by atoms with Gasteiger partial charge in [-0.3, -0.25) is 0 Å². The zero-order valence-corrected chi connectivity index (χ0v) is 16.2. The van der Waals surface area contributed by atoms with Crippen molar-refractivity contribution in [2.45, 2.75) is 71.3 Å². The maximum Gasteiger partial charge on any atom is 0.161 e. The molecule has 1 heterocycles. The Labute approximate surface area is 155 Å². The lowest BCUT2D eigenvalue weighted by Crippen LogP contribution is -2.62. The lowest BCUT2D eigenvalue weighted by molar-refractivity contribution is -0.167. The number of phenols is 2. The van der Waals surface area contributed by atoms with Crippen LogP contribution in [0.3, 0.4) is 0 Å². The summed E-state index contributed by atoms with van der Waals surface area (Å²) in [5.74, 6) is 0.474. The summed E-state index contributed by atoms with van der Waals surface area (Å²) in [5, 5.41) is 30.1. The molecule has 0 radical (unpaired) electrons. The molecule has 1 aromatic carbocycles. The lowest BCUT2D eigenvalue weighted by Gasteiger charge is -2.64. The number of nitriles is 1. The zero-order valence-electron chi connectivity index (χ0n) is 16.2. The molecule has 0 aromatic heterocycles. The van der Waals surface area contributed by atoms with Gasteiger partial charge in [-0.15, -0.1) is 0 Å². The van der Waals surface area contributed by atoms with E-state index < -0.39 is 5.60 Å². The third-order valence-electron chi connectivity index (χ3n) is 7.83. The van der Waals surface area contributed by atoms with Gasteiger partial charge in [-0.1, -0.05) is 27.2 Å². The molecule has 2 fully saturated rings. The monoisotopic (exact) mass is 355 g/mol. The van der Waals surface area contributed by atoms with Crippen molar-refractivity contribution in [3.8, 4) is 23.3 Å². The number of rotatable bonds is 0. The average Bonchev–Trinajstić information content (AvgIpc) is 2.53. The third-order valence-corrected chi connectivity index (χ3v) is 7.83. The minimum atomic E-state index is -0.421. The van der Waals surface area contributed by atoms with Crippen LogP contribution in [-0.2, 0) is 0 Å². The van der Waals surface area contributed by atoms with Crippen molar-refractivity contribution in [2.24, 2.45) is 22.7 Å². The first-order valence-electron chi connectivity index (χ1n) is 9.77. The van der Waals surface area contributed by atoms with Crippen LogP contribution in [0.25, 0.3) is 0 Å². The molecular weight excluding hydrogens is 326 g/mol. The summed E-state index contributed by atoms with van der Waals surface area (Å²) in [6.07, 6.45) is 5.55. The summed E-state index contributed by atoms with van der Waals surface area (Å²) >= 11 is 0. The highest BCUT2D eigenvalue weighted by Crippen LogP contribution is 2.67. The van der Waals surface area contributed by atoms with Gasteiger partial charge < -0.3 is 14.9 Å². The van der Waals surface area contributed by atoms with Crippen molar-refractivity contribution in [1.29, 1.82) is 5.26 Å². The maximum atomic E-state index is 10.1. The topological polar surface area (TPSA) is 73.5 Å². The summed E-state index contributed by atoms with van der Waals surface area (Å²) in [6.45, 7) is 9.25. The van der Waals surface area contributed by atoms with Gasteiger partial charge in [0.25, 0.3) is 0 Å². The lowest BCUT2D eigenvalue weighted by atomic mass is 9.43. The Morgan fingerprint density at radius 3 is 2.46 bits per heavy atom. The summed E-state index contributed by atoms with van der Waals surface area (Å²) in [4.78, 5) is 0. The normalized spacial score (nSPS) is 40.3. The standard InChI is InChI=1S/C22H29NO3/c1-20(2)7-5-8-21(3)18(20)6-9-22(4)19(21)14(12-23)13-10-15(24)16(25)11-17(13)26-22/h10-11,14,18-19,24-25H,5-9H2,1-4H3/t14-,18+,19-,21+,22+/m0/s1. The third kappa shape index (κ3) is 2.19. The number of hydrogen-bond acceptors (Lipinski definition) is 4. The molecule has 140 valence electrons. The molecule has 4 heteroatoms. The maximum absolute atomic E-state index is 10.1. The van der Waals surface area contributed by atoms with Crippen molar-refractivity contribution in [3.05, 3.63) is 17.7 Å². The molecule has 2 aliphatic carbocycles. The van der Waals surface area contributed by atoms with Crippen LogP contribution in [0.15, 0.2) is 12.1 Å². The molecule has 4 nitrogen and oxygen atoms in total. The second-order valence-electron chi connectivity index (χ2n) is 9.82. The Hall–Kier alpha value is -1.89. The highest BCUT2D eigenvalue weighted by molar-refractivity contribution is 5.54. The van der Waals surface area contributed by atoms with Gasteiger partial charge >= 0.3 is 0 Å². The van der Waals surface area contributed by atoms with Gasteiger partial charge in [0.2, 0.25) is 0 Å². The molecule has 0 spiro atoms. The molecule has 0 bridgehead atoms. The molecule has 5 atom stereocenters. The fraction of sp³-hybridized carbons (Fsp3) is 0.682. The van der Waals surface area contributed by atoms with Crippen LogP contribution in [0.2, 0.25) is 0 Å². The van der Waals surface area contributed by atoms with Gasteiger partial charge in [0.1, 0.15) is 11.4 Å². The largest absolute Gasteiger partial charge is 0.504 e. The van der Waals surface area contributed by atoms with E-state index in [9.17, 15) is 15.5 Å². The second-order valence-corrected chi connectivity index (χ2v) is 9.82. The van der Waals surface area contributed by atoms with Gasteiger partial charge in [-0.2, -0.15) is 5.26 Å². The predicted octanol–water partition coefficient (Wildman–Crippen LogP) is 5.10. The van der Waals surface area contributed by atoms with Crippen molar-refractivity contribution >= 4 is 0 Å². The van der Waals surface area contributed by atoms with Crippen LogP contribution in [-0.4, -0.2) is 15.8 Å². The molecule has 4 rings (SSSR count). The predicted molar refractivity (Wildman–Crippen MR) is 99.1 cm³/mol. The number of fused-ring (bicyclic) bond motifs is 4. The van der Waals surface area contributed by atoms with Gasteiger partial charge in [-0.05, 0) is 55.4 Å². The van der Waals surface area contributed by atoms with E-state index in [1.165, 1.54) is 25.0 Å². The Balaban J connectivity index is 1.89. The quantitative estimate of drug-likeness (QED) is 0.635. The second kappa shape index (κ2) is 5.31. The summed E-state index contributed by atoms with van der Waals surface area (Å²) < 4.78 is 6.45. The van der Waals surface area contributed by atoms with Gasteiger partial charge in [0, 0.05) is 17.5 Å². The minimum absolute atomic E-state index is 0.0281. The first kappa shape index (κ1) is 17.5. The van der Waals surface area contributed by atoms with Crippen LogP contribution in [0.5, 0.6) is 17.2 Å². The van der Waals surface area contributed by atoms with E-state index in [1.54, 1.807) is 0 Å². The number of hydrogen-bond donors (Lipinski definition) is 2. The number of ether oxygens (including phenoxy) is 1. The summed E-state index contributed by atoms with van der Waals surface area (Å²) in [6, 6.07) is 5.54. The first-order valence-corrected chi connectivity index (χ1v) is 9.77. The highest BCUT2D eigenvalue weighted by Gasteiger charge is 2.63. The Morgan fingerprint density at radius 2 is 1.77 bits per heavy atom. The van der Waals surface area contributed by atoms with E-state index in [0.717, 1.165) is 24.8 Å². The van der Waals surface area contributed by atoms with Gasteiger partial charge in [-0.25, -0.2) is 0 Å². The van der Waals surface area contributed by atoms with Crippen LogP contribution < -0.4 is 4.74 Å². The Kier molecular flexibility index (Phi) is 3.58. The molecule has 1 aliphatic heterocycles. The minimum Gasteiger partial charge on any atom is -0.504 e. The SMILES string of the molecule is CC1(C)CCC[C@]2(C)[C@@H]1CC[C@@]1(C)Oc3cc(O)c(O)cc3[C@H](C#N)[C@@H]21. The average molecular weight is 355 g/mol. The molecular formula is C22H29NO3. The number of phenolic OH excluding ortho intramolecular Hbond substituents is 2. The Bertz CT molecular complexity index is 795. The van der Waals surface area contributed by atoms with Crippen LogP contribution in [0.4, 0.5) is 0 Å². The van der Waals surface area contributed by atoms with Crippen LogP contribution in [0.1, 0.15) is 71.3 Å². The van der Waals surface area contributed by atoms with Gasteiger partial charge in [0.15, 0.2) is 11.5 Å². The smallest absolute Gasteiger partial charge is 0.161 e. The Morgan fingerprint density at radius 1 is 1.08 bits per heavy atom. The molecule has 26 heavy (non-hydrogen) atoms. The number of benzene rings is 1. The van der Waals surface area contributed by atoms with Crippen molar-refractivity contribution in [3.63, 3.8) is 0 Å². The molecule has 0 amide bonds. The molecule has 2 N–H and O–H groups in total. The first-order chi connectivity index (χ1) is 12.1. The molecule has 2 saturated carbocycles. The molecule has 0 unspecified atom stereocenters. The number of nitrogens with zero attached hydrogens (tertiary/aromatic N) is 1. The summed E-state index contributed by atoms with van der Waals surface area (Å²) in [7, 11) is 0. The zero-order chi connectivity index (χ0) is 18.9. The van der Waals surface area contributed by atoms with E-state index >= 15 is 0 Å². The van der Waals surface area contributed by atoms with Crippen LogP contribution in [0, 0.1) is 34.0 Å². The van der Waals surface area contributed by atoms with Crippen molar-refractivity contribution in [2.75, 3.05) is 0 Å². The van der Waals surface area contributed by atoms with E-state index in [2.05, 4.69) is 33.8 Å². The highest BCUT2D eigenvalue weighted by atomic mass is 16.5.